The van der Waals surface area contributed by atoms with Crippen molar-refractivity contribution in [3.8, 4) is 5.75 Å². The van der Waals surface area contributed by atoms with E-state index in [1.807, 2.05) is 17.6 Å². The predicted molar refractivity (Wildman–Crippen MR) is 75.4 cm³/mol. The maximum atomic E-state index is 5.19. The molecule has 0 amide bonds. The fourth-order valence-electron chi connectivity index (χ4n) is 1.95. The molecular formula is C14H18N2OS. The van der Waals surface area contributed by atoms with Gasteiger partial charge in [0.05, 0.1) is 24.4 Å². The highest BCUT2D eigenvalue weighted by molar-refractivity contribution is 7.09. The summed E-state index contributed by atoms with van der Waals surface area (Å²) in [5.74, 6) is 0.884. The van der Waals surface area contributed by atoms with Crippen molar-refractivity contribution in [1.82, 2.24) is 10.3 Å². The second kappa shape index (κ2) is 5.98. The molecule has 0 spiro atoms. The summed E-state index contributed by atoms with van der Waals surface area (Å²) in [6.07, 6.45) is 0. The van der Waals surface area contributed by atoms with Crippen LogP contribution in [0.5, 0.6) is 5.75 Å². The minimum atomic E-state index is 0.216. The van der Waals surface area contributed by atoms with Crippen LogP contribution in [-0.4, -0.2) is 18.6 Å². The van der Waals surface area contributed by atoms with Crippen molar-refractivity contribution in [3.63, 3.8) is 0 Å². The van der Waals surface area contributed by atoms with Gasteiger partial charge in [-0.2, -0.15) is 0 Å². The SMILES string of the molecule is CCNC(c1ccc(OC)cc1)c1scnc1C. The van der Waals surface area contributed by atoms with E-state index >= 15 is 0 Å². The van der Waals surface area contributed by atoms with Gasteiger partial charge in [-0.3, -0.25) is 0 Å². The summed E-state index contributed by atoms with van der Waals surface area (Å²) in [7, 11) is 1.68. The summed E-state index contributed by atoms with van der Waals surface area (Å²) in [5.41, 5.74) is 4.24. The molecule has 0 radical (unpaired) electrons. The number of hydrogen-bond acceptors (Lipinski definition) is 4. The van der Waals surface area contributed by atoms with Crippen molar-refractivity contribution in [3.05, 3.63) is 45.9 Å². The van der Waals surface area contributed by atoms with E-state index in [2.05, 4.69) is 36.3 Å². The molecule has 1 aromatic heterocycles. The lowest BCUT2D eigenvalue weighted by molar-refractivity contribution is 0.414. The Hall–Kier alpha value is -1.39. The molecule has 0 bridgehead atoms. The van der Waals surface area contributed by atoms with Gasteiger partial charge in [-0.25, -0.2) is 4.98 Å². The van der Waals surface area contributed by atoms with Crippen molar-refractivity contribution >= 4 is 11.3 Å². The van der Waals surface area contributed by atoms with E-state index in [1.54, 1.807) is 18.4 Å². The van der Waals surface area contributed by atoms with Crippen LogP contribution in [0, 0.1) is 6.92 Å². The van der Waals surface area contributed by atoms with Crippen molar-refractivity contribution in [2.24, 2.45) is 0 Å². The summed E-state index contributed by atoms with van der Waals surface area (Å²) >= 11 is 1.70. The van der Waals surface area contributed by atoms with Gasteiger partial charge in [0.2, 0.25) is 0 Å². The van der Waals surface area contributed by atoms with Gasteiger partial charge in [-0.05, 0) is 31.2 Å². The van der Waals surface area contributed by atoms with E-state index in [0.29, 0.717) is 0 Å². The number of hydrogen-bond donors (Lipinski definition) is 1. The van der Waals surface area contributed by atoms with Gasteiger partial charge in [-0.1, -0.05) is 19.1 Å². The largest absolute Gasteiger partial charge is 0.497 e. The molecule has 1 atom stereocenters. The van der Waals surface area contributed by atoms with Gasteiger partial charge in [0.1, 0.15) is 5.75 Å². The Bertz CT molecular complexity index is 493. The van der Waals surface area contributed by atoms with E-state index in [4.69, 9.17) is 4.74 Å². The number of nitrogens with zero attached hydrogens (tertiary/aromatic N) is 1. The number of aromatic nitrogens is 1. The molecule has 1 N–H and O–H groups in total. The van der Waals surface area contributed by atoms with E-state index < -0.39 is 0 Å². The molecule has 96 valence electrons. The van der Waals surface area contributed by atoms with Crippen LogP contribution in [0.25, 0.3) is 0 Å². The molecule has 1 aromatic carbocycles. The van der Waals surface area contributed by atoms with Crippen molar-refractivity contribution in [2.75, 3.05) is 13.7 Å². The van der Waals surface area contributed by atoms with Crippen LogP contribution in [0.2, 0.25) is 0 Å². The van der Waals surface area contributed by atoms with Crippen LogP contribution in [0.4, 0.5) is 0 Å². The number of methoxy groups -OCH3 is 1. The van der Waals surface area contributed by atoms with Gasteiger partial charge in [-0.15, -0.1) is 11.3 Å². The molecule has 1 unspecified atom stereocenters. The molecule has 2 aromatic rings. The molecule has 3 nitrogen and oxygen atoms in total. The number of ether oxygens (including phenoxy) is 1. The third-order valence-electron chi connectivity index (χ3n) is 2.90. The minimum absolute atomic E-state index is 0.216. The van der Waals surface area contributed by atoms with Gasteiger partial charge >= 0.3 is 0 Å². The molecule has 0 fully saturated rings. The molecule has 0 saturated heterocycles. The lowest BCUT2D eigenvalue weighted by Gasteiger charge is -2.18. The Kier molecular flexibility index (Phi) is 4.33. The molecular weight excluding hydrogens is 244 g/mol. The Morgan fingerprint density at radius 2 is 2.06 bits per heavy atom. The predicted octanol–water partition coefficient (Wildman–Crippen LogP) is 3.16. The first-order chi connectivity index (χ1) is 8.76. The first-order valence-corrected chi connectivity index (χ1v) is 6.91. The van der Waals surface area contributed by atoms with Gasteiger partial charge in [0.15, 0.2) is 0 Å². The third-order valence-corrected chi connectivity index (χ3v) is 3.90. The maximum Gasteiger partial charge on any atom is 0.118 e. The lowest BCUT2D eigenvalue weighted by atomic mass is 10.0. The summed E-state index contributed by atoms with van der Waals surface area (Å²) in [6.45, 7) is 5.10. The normalized spacial score (nSPS) is 12.4. The molecule has 2 rings (SSSR count). The average molecular weight is 262 g/mol. The van der Waals surface area contributed by atoms with Gasteiger partial charge in [0, 0.05) is 4.88 Å². The van der Waals surface area contributed by atoms with E-state index in [0.717, 1.165) is 18.0 Å². The Morgan fingerprint density at radius 1 is 1.33 bits per heavy atom. The zero-order valence-electron chi connectivity index (χ0n) is 10.9. The van der Waals surface area contributed by atoms with Crippen LogP contribution in [0.3, 0.4) is 0 Å². The van der Waals surface area contributed by atoms with Crippen LogP contribution in [0.15, 0.2) is 29.8 Å². The fourth-order valence-corrected chi connectivity index (χ4v) is 2.85. The van der Waals surface area contributed by atoms with Gasteiger partial charge < -0.3 is 10.1 Å². The Labute approximate surface area is 112 Å². The quantitative estimate of drug-likeness (QED) is 0.898. The Morgan fingerprint density at radius 3 is 2.56 bits per heavy atom. The van der Waals surface area contributed by atoms with E-state index in [-0.39, 0.29) is 6.04 Å². The number of thiazole rings is 1. The fraction of sp³-hybridized carbons (Fsp3) is 0.357. The van der Waals surface area contributed by atoms with E-state index in [9.17, 15) is 0 Å². The van der Waals surface area contributed by atoms with Crippen LogP contribution < -0.4 is 10.1 Å². The Balaban J connectivity index is 2.32. The first-order valence-electron chi connectivity index (χ1n) is 6.03. The highest BCUT2D eigenvalue weighted by Crippen LogP contribution is 2.28. The summed E-state index contributed by atoms with van der Waals surface area (Å²) in [6, 6.07) is 8.41. The third kappa shape index (κ3) is 2.71. The summed E-state index contributed by atoms with van der Waals surface area (Å²) in [4.78, 5) is 5.61. The second-order valence-electron chi connectivity index (χ2n) is 4.07. The smallest absolute Gasteiger partial charge is 0.118 e. The monoisotopic (exact) mass is 262 g/mol. The lowest BCUT2D eigenvalue weighted by Crippen LogP contribution is -2.21. The standard InChI is InChI=1S/C14H18N2OS/c1-4-15-13(14-10(2)16-9-18-14)11-5-7-12(17-3)8-6-11/h5-9,13,15H,4H2,1-3H3. The molecule has 0 saturated carbocycles. The summed E-state index contributed by atoms with van der Waals surface area (Å²) < 4.78 is 5.19. The van der Waals surface area contributed by atoms with Crippen LogP contribution in [0.1, 0.15) is 29.1 Å². The number of nitrogens with one attached hydrogen (secondary N) is 1. The summed E-state index contributed by atoms with van der Waals surface area (Å²) in [5, 5.41) is 3.51. The highest BCUT2D eigenvalue weighted by atomic mass is 32.1. The van der Waals surface area contributed by atoms with E-state index in [1.165, 1.54) is 10.4 Å². The van der Waals surface area contributed by atoms with Crippen LogP contribution >= 0.6 is 11.3 Å². The van der Waals surface area contributed by atoms with Crippen molar-refractivity contribution < 1.29 is 4.74 Å². The molecule has 0 aliphatic carbocycles. The topological polar surface area (TPSA) is 34.1 Å². The second-order valence-corrected chi connectivity index (χ2v) is 4.95. The zero-order valence-corrected chi connectivity index (χ0v) is 11.8. The highest BCUT2D eigenvalue weighted by Gasteiger charge is 2.17. The number of aryl methyl sites for hydroxylation is 1. The van der Waals surface area contributed by atoms with Gasteiger partial charge in [0.25, 0.3) is 0 Å². The van der Waals surface area contributed by atoms with Crippen LogP contribution in [-0.2, 0) is 0 Å². The number of rotatable bonds is 5. The molecule has 18 heavy (non-hydrogen) atoms. The van der Waals surface area contributed by atoms with Crippen molar-refractivity contribution in [2.45, 2.75) is 19.9 Å². The first kappa shape index (κ1) is 13.1. The van der Waals surface area contributed by atoms with Crippen molar-refractivity contribution in [1.29, 1.82) is 0 Å². The minimum Gasteiger partial charge on any atom is -0.497 e. The molecule has 4 heteroatoms. The molecule has 0 aliphatic heterocycles. The maximum absolute atomic E-state index is 5.19. The zero-order chi connectivity index (χ0) is 13.0. The average Bonchev–Trinajstić information content (AvgIpc) is 2.82. The molecule has 1 heterocycles. The number of benzene rings is 1. The molecule has 0 aliphatic rings.